The average Bonchev–Trinajstić information content (AvgIpc) is 2.77. The van der Waals surface area contributed by atoms with Crippen LogP contribution in [0.25, 0.3) is 6.08 Å². The van der Waals surface area contributed by atoms with E-state index >= 15 is 0 Å². The Morgan fingerprint density at radius 2 is 1.54 bits per heavy atom. The molecule has 0 aliphatic rings. The topological polar surface area (TPSA) is 44.1 Å². The smallest absolute Gasteiger partial charge is 0.203 e. The Hall–Kier alpha value is -3.64. The first kappa shape index (κ1) is 19.1. The van der Waals surface area contributed by atoms with Crippen molar-refractivity contribution in [1.82, 2.24) is 0 Å². The average molecular weight is 366 g/mol. The summed E-state index contributed by atoms with van der Waals surface area (Å²) in [5, 5.41) is 9.42. The Bertz CT molecular complexity index is 984. The molecule has 0 amide bonds. The van der Waals surface area contributed by atoms with Crippen LogP contribution in [0.5, 0.6) is 0 Å². The van der Waals surface area contributed by atoms with E-state index < -0.39 is 0 Å². The van der Waals surface area contributed by atoms with Crippen LogP contribution in [0.15, 0.2) is 90.5 Å². The molecule has 0 atom stereocenters. The van der Waals surface area contributed by atoms with Crippen molar-refractivity contribution >= 4 is 17.5 Å². The van der Waals surface area contributed by atoms with Crippen LogP contribution in [0.2, 0.25) is 0 Å². The predicted octanol–water partition coefficient (Wildman–Crippen LogP) is 5.50. The Balaban J connectivity index is 1.78. The lowest BCUT2D eigenvalue weighted by atomic mass is 10.0. The van der Waals surface area contributed by atoms with Gasteiger partial charge in [0.15, 0.2) is 0 Å². The minimum Gasteiger partial charge on any atom is -0.367 e. The molecule has 0 saturated heterocycles. The number of rotatable bonds is 7. The predicted molar refractivity (Wildman–Crippen MR) is 114 cm³/mol. The van der Waals surface area contributed by atoms with E-state index in [9.17, 15) is 10.1 Å². The number of anilines is 1. The van der Waals surface area contributed by atoms with Crippen LogP contribution in [0, 0.1) is 11.3 Å². The highest BCUT2D eigenvalue weighted by molar-refractivity contribution is 6.14. The van der Waals surface area contributed by atoms with E-state index in [1.807, 2.05) is 54.6 Å². The third kappa shape index (κ3) is 4.75. The molecule has 3 nitrogen and oxygen atoms in total. The highest BCUT2D eigenvalue weighted by Gasteiger charge is 2.12. The second-order valence-electron chi connectivity index (χ2n) is 6.46. The van der Waals surface area contributed by atoms with Crippen LogP contribution in [0.3, 0.4) is 0 Å². The molecule has 0 spiro atoms. The lowest BCUT2D eigenvalue weighted by Crippen LogP contribution is -2.21. The summed E-state index contributed by atoms with van der Waals surface area (Å²) in [6.45, 7) is 3.85. The summed E-state index contributed by atoms with van der Waals surface area (Å²) in [6.07, 6.45) is 1.65. The van der Waals surface area contributed by atoms with Crippen LogP contribution in [0.1, 0.15) is 28.4 Å². The van der Waals surface area contributed by atoms with Crippen molar-refractivity contribution in [2.45, 2.75) is 13.5 Å². The van der Waals surface area contributed by atoms with E-state index in [0.717, 1.165) is 24.3 Å². The van der Waals surface area contributed by atoms with E-state index in [1.165, 1.54) is 5.56 Å². The van der Waals surface area contributed by atoms with Gasteiger partial charge in [-0.3, -0.25) is 4.79 Å². The number of hydrogen-bond donors (Lipinski definition) is 0. The van der Waals surface area contributed by atoms with Crippen molar-refractivity contribution < 1.29 is 4.79 Å². The minimum absolute atomic E-state index is 0.135. The monoisotopic (exact) mass is 366 g/mol. The first-order valence-electron chi connectivity index (χ1n) is 9.31. The summed E-state index contributed by atoms with van der Waals surface area (Å²) in [4.78, 5) is 14.8. The summed E-state index contributed by atoms with van der Waals surface area (Å²) >= 11 is 0. The van der Waals surface area contributed by atoms with Crippen molar-refractivity contribution in [3.63, 3.8) is 0 Å². The van der Waals surface area contributed by atoms with Crippen molar-refractivity contribution in [1.29, 1.82) is 5.26 Å². The molecule has 3 rings (SSSR count). The summed E-state index contributed by atoms with van der Waals surface area (Å²) in [5.41, 5.74) is 3.85. The van der Waals surface area contributed by atoms with Crippen LogP contribution < -0.4 is 4.90 Å². The number of nitriles is 1. The molecule has 0 aliphatic heterocycles. The summed E-state index contributed by atoms with van der Waals surface area (Å²) in [6, 6.07) is 29.2. The van der Waals surface area contributed by atoms with Gasteiger partial charge in [-0.15, -0.1) is 0 Å². The lowest BCUT2D eigenvalue weighted by Gasteiger charge is -2.23. The molecule has 0 heterocycles. The fourth-order valence-corrected chi connectivity index (χ4v) is 3.03. The third-order valence-electron chi connectivity index (χ3n) is 4.57. The van der Waals surface area contributed by atoms with Gasteiger partial charge in [0.2, 0.25) is 5.78 Å². The molecule has 0 saturated carbocycles. The van der Waals surface area contributed by atoms with Gasteiger partial charge in [0.25, 0.3) is 0 Å². The van der Waals surface area contributed by atoms with Gasteiger partial charge in [-0.25, -0.2) is 0 Å². The normalized spacial score (nSPS) is 10.9. The van der Waals surface area contributed by atoms with Gasteiger partial charge in [0, 0.05) is 24.3 Å². The van der Waals surface area contributed by atoms with Gasteiger partial charge in [-0.2, -0.15) is 5.26 Å². The zero-order chi connectivity index (χ0) is 19.8. The molecule has 138 valence electrons. The van der Waals surface area contributed by atoms with E-state index in [4.69, 9.17) is 0 Å². The van der Waals surface area contributed by atoms with E-state index in [1.54, 1.807) is 30.3 Å². The van der Waals surface area contributed by atoms with Crippen molar-refractivity contribution in [2.24, 2.45) is 0 Å². The molecule has 0 radical (unpaired) electrons. The maximum atomic E-state index is 12.5. The molecule has 0 unspecified atom stereocenters. The Morgan fingerprint density at radius 3 is 2.11 bits per heavy atom. The van der Waals surface area contributed by atoms with Crippen LogP contribution in [0.4, 0.5) is 5.69 Å². The molecule has 3 aromatic carbocycles. The minimum atomic E-state index is -0.258. The van der Waals surface area contributed by atoms with Crippen molar-refractivity contribution in [2.75, 3.05) is 11.4 Å². The van der Waals surface area contributed by atoms with Gasteiger partial charge in [0.05, 0.1) is 0 Å². The molecule has 0 aliphatic carbocycles. The van der Waals surface area contributed by atoms with Gasteiger partial charge >= 0.3 is 0 Å². The van der Waals surface area contributed by atoms with Crippen LogP contribution in [-0.4, -0.2) is 12.3 Å². The lowest BCUT2D eigenvalue weighted by molar-refractivity contribution is 0.104. The highest BCUT2D eigenvalue weighted by atomic mass is 16.1. The number of carbonyl (C=O) groups excluding carboxylic acids is 1. The van der Waals surface area contributed by atoms with Crippen molar-refractivity contribution in [3.05, 3.63) is 107 Å². The zero-order valence-corrected chi connectivity index (χ0v) is 15.9. The number of nitrogens with zero attached hydrogens (tertiary/aromatic N) is 2. The third-order valence-corrected chi connectivity index (χ3v) is 4.57. The summed E-state index contributed by atoms with van der Waals surface area (Å²) in [7, 11) is 0. The Kier molecular flexibility index (Phi) is 6.38. The molecule has 3 aromatic rings. The molecule has 28 heavy (non-hydrogen) atoms. The molecule has 0 bridgehead atoms. The SMILES string of the molecule is CCN(Cc1ccccc1)c1ccc(/C=C(/C#N)C(=O)c2ccccc2)cc1. The number of ketones is 1. The standard InChI is InChI=1S/C25H22N2O/c1-2-27(19-21-9-5-3-6-10-21)24-15-13-20(14-16-24)17-23(18-26)25(28)22-11-7-4-8-12-22/h3-17H,2,19H2,1H3/b23-17-. The zero-order valence-electron chi connectivity index (χ0n) is 15.9. The molecule has 3 heteroatoms. The number of Topliss-reactive ketones (excluding diaryl/α,β-unsaturated/α-hetero) is 1. The quantitative estimate of drug-likeness (QED) is 0.315. The second kappa shape index (κ2) is 9.34. The molecular weight excluding hydrogens is 344 g/mol. The van der Waals surface area contributed by atoms with E-state index in [2.05, 4.69) is 24.0 Å². The van der Waals surface area contributed by atoms with Gasteiger partial charge in [-0.1, -0.05) is 72.8 Å². The Morgan fingerprint density at radius 1 is 0.929 bits per heavy atom. The van der Waals surface area contributed by atoms with Crippen LogP contribution >= 0.6 is 0 Å². The van der Waals surface area contributed by atoms with Crippen LogP contribution in [-0.2, 0) is 6.54 Å². The number of allylic oxidation sites excluding steroid dienone is 1. The van der Waals surface area contributed by atoms with Gasteiger partial charge in [0.1, 0.15) is 11.6 Å². The highest BCUT2D eigenvalue weighted by Crippen LogP contribution is 2.20. The van der Waals surface area contributed by atoms with E-state index in [-0.39, 0.29) is 11.4 Å². The fourth-order valence-electron chi connectivity index (χ4n) is 3.03. The number of benzene rings is 3. The first-order chi connectivity index (χ1) is 13.7. The van der Waals surface area contributed by atoms with Gasteiger partial charge < -0.3 is 4.90 Å². The summed E-state index contributed by atoms with van der Waals surface area (Å²) < 4.78 is 0. The number of hydrogen-bond acceptors (Lipinski definition) is 3. The van der Waals surface area contributed by atoms with Crippen molar-refractivity contribution in [3.8, 4) is 6.07 Å². The second-order valence-corrected chi connectivity index (χ2v) is 6.46. The maximum Gasteiger partial charge on any atom is 0.203 e. The Labute approximate surface area is 166 Å². The maximum absolute atomic E-state index is 12.5. The first-order valence-corrected chi connectivity index (χ1v) is 9.31. The molecule has 0 fully saturated rings. The molecule has 0 N–H and O–H groups in total. The van der Waals surface area contributed by atoms with E-state index in [0.29, 0.717) is 5.56 Å². The molecular formula is C25H22N2O. The van der Waals surface area contributed by atoms with Gasteiger partial charge in [-0.05, 0) is 36.3 Å². The summed E-state index contributed by atoms with van der Waals surface area (Å²) in [5.74, 6) is -0.258. The fraction of sp³-hybridized carbons (Fsp3) is 0.120. The molecule has 0 aromatic heterocycles. The largest absolute Gasteiger partial charge is 0.367 e. The number of carbonyl (C=O) groups is 1.